The third-order valence-electron chi connectivity index (χ3n) is 3.90. The fraction of sp³-hybridized carbons (Fsp3) is 0.222. The number of alkyl halides is 3. The van der Waals surface area contributed by atoms with Crippen LogP contribution in [0.15, 0.2) is 42.5 Å². The topological polar surface area (TPSA) is 56.1 Å². The summed E-state index contributed by atoms with van der Waals surface area (Å²) in [7, 11) is 1.27. The highest BCUT2D eigenvalue weighted by Gasteiger charge is 2.36. The molecule has 0 saturated carbocycles. The van der Waals surface area contributed by atoms with E-state index in [-0.39, 0.29) is 16.7 Å². The lowest BCUT2D eigenvalue weighted by atomic mass is 10.2. The van der Waals surface area contributed by atoms with Gasteiger partial charge in [0.1, 0.15) is 11.6 Å². The summed E-state index contributed by atoms with van der Waals surface area (Å²) >= 11 is 0. The molecule has 0 fully saturated rings. The number of hydrogen-bond donors (Lipinski definition) is 1. The van der Waals surface area contributed by atoms with E-state index in [0.717, 1.165) is 4.57 Å². The average molecular weight is 381 g/mol. The number of aromatic nitrogens is 2. The van der Waals surface area contributed by atoms with Crippen molar-refractivity contribution in [3.8, 4) is 5.75 Å². The Morgan fingerprint density at radius 3 is 2.48 bits per heavy atom. The Balaban J connectivity index is 1.75. The molecule has 0 radical (unpaired) electrons. The molecule has 5 nitrogen and oxygen atoms in total. The minimum absolute atomic E-state index is 0.106. The van der Waals surface area contributed by atoms with Crippen molar-refractivity contribution in [2.75, 3.05) is 5.32 Å². The van der Waals surface area contributed by atoms with Crippen LogP contribution in [-0.2, 0) is 18.0 Å². The molecule has 27 heavy (non-hydrogen) atoms. The Morgan fingerprint density at radius 2 is 1.85 bits per heavy atom. The molecule has 2 aromatic carbocycles. The summed E-state index contributed by atoms with van der Waals surface area (Å²) < 4.78 is 58.1. The number of benzene rings is 2. The van der Waals surface area contributed by atoms with Crippen molar-refractivity contribution >= 4 is 22.6 Å². The van der Waals surface area contributed by atoms with E-state index in [1.54, 1.807) is 0 Å². The number of nitrogens with one attached hydrogen (secondary N) is 1. The minimum Gasteiger partial charge on any atom is -0.481 e. The molecule has 1 N–H and O–H groups in total. The second-order valence-corrected chi connectivity index (χ2v) is 5.90. The van der Waals surface area contributed by atoms with E-state index < -0.39 is 29.8 Å². The van der Waals surface area contributed by atoms with Crippen LogP contribution in [0.3, 0.4) is 0 Å². The number of rotatable bonds is 4. The minimum atomic E-state index is -4.57. The molecule has 3 rings (SSSR count). The lowest BCUT2D eigenvalue weighted by molar-refractivity contribution is -0.146. The Bertz CT molecular complexity index is 981. The Labute approximate surface area is 151 Å². The molecule has 0 aliphatic rings. The SMILES string of the molecule is C[C@@H](Oc1ccc(F)cc1)C(=O)Nc1ccc2c(c1)nc(C(F)(F)F)n2C. The van der Waals surface area contributed by atoms with Crippen LogP contribution >= 0.6 is 0 Å². The van der Waals surface area contributed by atoms with Gasteiger partial charge in [-0.05, 0) is 49.4 Å². The van der Waals surface area contributed by atoms with Crippen molar-refractivity contribution in [3.63, 3.8) is 0 Å². The van der Waals surface area contributed by atoms with Crippen LogP contribution in [0, 0.1) is 5.82 Å². The van der Waals surface area contributed by atoms with E-state index >= 15 is 0 Å². The number of carbonyl (C=O) groups excluding carboxylic acids is 1. The number of amides is 1. The first-order valence-corrected chi connectivity index (χ1v) is 7.92. The number of halogens is 4. The molecule has 1 aromatic heterocycles. The van der Waals surface area contributed by atoms with E-state index in [9.17, 15) is 22.4 Å². The molecule has 142 valence electrons. The van der Waals surface area contributed by atoms with Gasteiger partial charge in [0.15, 0.2) is 6.10 Å². The van der Waals surface area contributed by atoms with Gasteiger partial charge in [0.2, 0.25) is 5.82 Å². The normalized spacial score (nSPS) is 12.8. The first-order valence-electron chi connectivity index (χ1n) is 7.92. The lowest BCUT2D eigenvalue weighted by Crippen LogP contribution is -2.30. The van der Waals surface area contributed by atoms with Gasteiger partial charge in [0.25, 0.3) is 5.91 Å². The van der Waals surface area contributed by atoms with Gasteiger partial charge in [-0.25, -0.2) is 9.37 Å². The van der Waals surface area contributed by atoms with Crippen molar-refractivity contribution in [2.24, 2.45) is 7.05 Å². The quantitative estimate of drug-likeness (QED) is 0.691. The van der Waals surface area contributed by atoms with Crippen LogP contribution in [-0.4, -0.2) is 21.6 Å². The van der Waals surface area contributed by atoms with Gasteiger partial charge in [-0.2, -0.15) is 13.2 Å². The number of fused-ring (bicyclic) bond motifs is 1. The highest BCUT2D eigenvalue weighted by Crippen LogP contribution is 2.31. The van der Waals surface area contributed by atoms with Crippen molar-refractivity contribution < 1.29 is 27.1 Å². The fourth-order valence-electron chi connectivity index (χ4n) is 2.55. The van der Waals surface area contributed by atoms with Crippen molar-refractivity contribution in [3.05, 3.63) is 54.1 Å². The third kappa shape index (κ3) is 4.02. The number of hydrogen-bond acceptors (Lipinski definition) is 3. The molecule has 0 saturated heterocycles. The summed E-state index contributed by atoms with van der Waals surface area (Å²) in [6, 6.07) is 9.45. The number of ether oxygens (including phenoxy) is 1. The molecule has 0 aliphatic heterocycles. The number of carbonyl (C=O) groups is 1. The molecule has 3 aromatic rings. The Kier molecular flexibility index (Phi) is 4.77. The summed E-state index contributed by atoms with van der Waals surface area (Å²) in [6.45, 7) is 1.50. The van der Waals surface area contributed by atoms with Gasteiger partial charge in [0, 0.05) is 12.7 Å². The zero-order valence-electron chi connectivity index (χ0n) is 14.3. The third-order valence-corrected chi connectivity index (χ3v) is 3.90. The number of nitrogens with zero attached hydrogens (tertiary/aromatic N) is 2. The molecule has 0 bridgehead atoms. The molecule has 0 unspecified atom stereocenters. The maximum atomic E-state index is 12.9. The summed E-state index contributed by atoms with van der Waals surface area (Å²) in [5, 5.41) is 2.56. The maximum Gasteiger partial charge on any atom is 0.449 e. The molecule has 1 amide bonds. The molecule has 1 heterocycles. The predicted octanol–water partition coefficient (Wildman–Crippen LogP) is 4.14. The molecule has 0 spiro atoms. The van der Waals surface area contributed by atoms with E-state index in [2.05, 4.69) is 10.3 Å². The summed E-state index contributed by atoms with van der Waals surface area (Å²) in [6.07, 6.45) is -5.48. The van der Waals surface area contributed by atoms with Crippen LogP contribution in [0.4, 0.5) is 23.2 Å². The van der Waals surface area contributed by atoms with Gasteiger partial charge >= 0.3 is 6.18 Å². The first kappa shape index (κ1) is 18.7. The zero-order chi connectivity index (χ0) is 19.8. The standard InChI is InChI=1S/C18H15F4N3O2/c1-10(27-13-6-3-11(19)4-7-13)16(26)23-12-5-8-15-14(9-12)24-17(25(15)2)18(20,21)22/h3-10H,1-2H3,(H,23,26)/t10-/m1/s1. The van der Waals surface area contributed by atoms with Gasteiger partial charge in [-0.3, -0.25) is 4.79 Å². The van der Waals surface area contributed by atoms with Crippen LogP contribution in [0.5, 0.6) is 5.75 Å². The lowest BCUT2D eigenvalue weighted by Gasteiger charge is -2.14. The number of imidazole rings is 1. The summed E-state index contributed by atoms with van der Waals surface area (Å²) in [5.74, 6) is -1.64. The highest BCUT2D eigenvalue weighted by atomic mass is 19.4. The van der Waals surface area contributed by atoms with E-state index in [0.29, 0.717) is 5.75 Å². The van der Waals surface area contributed by atoms with Crippen molar-refractivity contribution in [1.82, 2.24) is 9.55 Å². The van der Waals surface area contributed by atoms with Gasteiger partial charge in [-0.15, -0.1) is 0 Å². The van der Waals surface area contributed by atoms with E-state index in [4.69, 9.17) is 4.74 Å². The average Bonchev–Trinajstić information content (AvgIpc) is 2.93. The van der Waals surface area contributed by atoms with Crippen molar-refractivity contribution in [2.45, 2.75) is 19.2 Å². The molecule has 0 aliphatic carbocycles. The summed E-state index contributed by atoms with van der Waals surface area (Å²) in [4.78, 5) is 15.8. The van der Waals surface area contributed by atoms with Gasteiger partial charge < -0.3 is 14.6 Å². The van der Waals surface area contributed by atoms with Crippen LogP contribution in [0.2, 0.25) is 0 Å². The predicted molar refractivity (Wildman–Crippen MR) is 90.8 cm³/mol. The second kappa shape index (κ2) is 6.90. The molecule has 9 heteroatoms. The summed E-state index contributed by atoms with van der Waals surface area (Å²) in [5.41, 5.74) is 0.680. The number of anilines is 1. The van der Waals surface area contributed by atoms with Gasteiger partial charge in [-0.1, -0.05) is 0 Å². The monoisotopic (exact) mass is 381 g/mol. The second-order valence-electron chi connectivity index (χ2n) is 5.90. The first-order chi connectivity index (χ1) is 12.6. The van der Waals surface area contributed by atoms with Gasteiger partial charge in [0.05, 0.1) is 11.0 Å². The fourth-order valence-corrected chi connectivity index (χ4v) is 2.55. The van der Waals surface area contributed by atoms with Crippen LogP contribution in [0.25, 0.3) is 11.0 Å². The van der Waals surface area contributed by atoms with Crippen molar-refractivity contribution in [1.29, 1.82) is 0 Å². The number of aryl methyl sites for hydroxylation is 1. The highest BCUT2D eigenvalue weighted by molar-refractivity contribution is 5.95. The van der Waals surface area contributed by atoms with E-state index in [1.165, 1.54) is 56.4 Å². The smallest absolute Gasteiger partial charge is 0.449 e. The van der Waals surface area contributed by atoms with E-state index in [1.807, 2.05) is 0 Å². The largest absolute Gasteiger partial charge is 0.481 e. The molecular weight excluding hydrogens is 366 g/mol. The molecular formula is C18H15F4N3O2. The Hall–Kier alpha value is -3.10. The maximum absolute atomic E-state index is 12.9. The van der Waals surface area contributed by atoms with Crippen LogP contribution < -0.4 is 10.1 Å². The Morgan fingerprint density at radius 1 is 1.19 bits per heavy atom. The zero-order valence-corrected chi connectivity index (χ0v) is 14.3. The molecule has 1 atom stereocenters. The van der Waals surface area contributed by atoms with Crippen LogP contribution in [0.1, 0.15) is 12.7 Å².